The molecule has 1 aromatic carbocycles. The van der Waals surface area contributed by atoms with Gasteiger partial charge in [-0.2, -0.15) is 10.2 Å². The fraction of sp³-hybridized carbons (Fsp3) is 0.286. The van der Waals surface area contributed by atoms with Crippen LogP contribution in [0.3, 0.4) is 0 Å². The highest BCUT2D eigenvalue weighted by Gasteiger charge is 2.08. The van der Waals surface area contributed by atoms with Crippen molar-refractivity contribution in [2.24, 2.45) is 0 Å². The molecule has 0 fully saturated rings. The molecule has 0 aliphatic carbocycles. The lowest BCUT2D eigenvalue weighted by Gasteiger charge is -2.11. The number of benzene rings is 1. The van der Waals surface area contributed by atoms with Crippen molar-refractivity contribution in [1.29, 1.82) is 0 Å². The van der Waals surface area contributed by atoms with Gasteiger partial charge in [-0.1, -0.05) is 32.0 Å². The Labute approximate surface area is 96.4 Å². The molecule has 82 valence electrons. The van der Waals surface area contributed by atoms with Crippen molar-refractivity contribution >= 4 is 0 Å². The molecule has 2 heteroatoms. The molecule has 1 aromatic heterocycles. The average Bonchev–Trinajstić information content (AvgIpc) is 2.38. The van der Waals surface area contributed by atoms with E-state index in [1.54, 1.807) is 6.20 Å². The smallest absolute Gasteiger partial charge is 0.0932 e. The second kappa shape index (κ2) is 4.88. The molecule has 0 atom stereocenters. The number of hydrogen-bond donors (Lipinski definition) is 0. The Balaban J connectivity index is 2.57. The standard InChI is InChI=1S/C14H16N2/c1-3-11-7-5-8-13(12(11)4-2)14-9-6-10-15-16-14/h5-10H,3-4H2,1-2H3. The largest absolute Gasteiger partial charge is 0.159 e. The molecule has 0 amide bonds. The summed E-state index contributed by atoms with van der Waals surface area (Å²) < 4.78 is 0. The van der Waals surface area contributed by atoms with E-state index >= 15 is 0 Å². The maximum Gasteiger partial charge on any atom is 0.0932 e. The van der Waals surface area contributed by atoms with Gasteiger partial charge in [0.1, 0.15) is 0 Å². The fourth-order valence-corrected chi connectivity index (χ4v) is 2.07. The van der Waals surface area contributed by atoms with Crippen LogP contribution in [0.2, 0.25) is 0 Å². The Morgan fingerprint density at radius 2 is 1.88 bits per heavy atom. The van der Waals surface area contributed by atoms with E-state index < -0.39 is 0 Å². The average molecular weight is 212 g/mol. The highest BCUT2D eigenvalue weighted by molar-refractivity contribution is 5.64. The zero-order valence-electron chi connectivity index (χ0n) is 9.77. The minimum absolute atomic E-state index is 0.967. The number of aryl methyl sites for hydroxylation is 1. The molecule has 0 saturated carbocycles. The van der Waals surface area contributed by atoms with Gasteiger partial charge in [0.05, 0.1) is 5.69 Å². The molecule has 0 unspecified atom stereocenters. The normalized spacial score (nSPS) is 10.4. The molecule has 0 N–H and O–H groups in total. The molecule has 0 radical (unpaired) electrons. The first kappa shape index (κ1) is 10.8. The van der Waals surface area contributed by atoms with Gasteiger partial charge in [-0.25, -0.2) is 0 Å². The van der Waals surface area contributed by atoms with Crippen molar-refractivity contribution in [3.8, 4) is 11.3 Å². The van der Waals surface area contributed by atoms with Crippen molar-refractivity contribution < 1.29 is 0 Å². The molecule has 2 aromatic rings. The maximum atomic E-state index is 4.18. The number of aromatic nitrogens is 2. The summed E-state index contributed by atoms with van der Waals surface area (Å²) in [6.45, 7) is 4.38. The van der Waals surface area contributed by atoms with E-state index in [-0.39, 0.29) is 0 Å². The summed E-state index contributed by atoms with van der Waals surface area (Å²) in [5, 5.41) is 8.12. The summed E-state index contributed by atoms with van der Waals surface area (Å²) >= 11 is 0. The zero-order valence-corrected chi connectivity index (χ0v) is 9.77. The van der Waals surface area contributed by atoms with E-state index in [2.05, 4.69) is 42.2 Å². The quantitative estimate of drug-likeness (QED) is 0.780. The minimum atomic E-state index is 0.967. The summed E-state index contributed by atoms with van der Waals surface area (Å²) in [4.78, 5) is 0. The van der Waals surface area contributed by atoms with Crippen LogP contribution in [0, 0.1) is 0 Å². The molecule has 16 heavy (non-hydrogen) atoms. The van der Waals surface area contributed by atoms with Crippen LogP contribution in [0.25, 0.3) is 11.3 Å². The summed E-state index contributed by atoms with van der Waals surface area (Å²) in [6.07, 6.45) is 3.81. The van der Waals surface area contributed by atoms with Crippen molar-refractivity contribution in [1.82, 2.24) is 10.2 Å². The highest BCUT2D eigenvalue weighted by Crippen LogP contribution is 2.25. The number of nitrogens with zero attached hydrogens (tertiary/aromatic N) is 2. The van der Waals surface area contributed by atoms with Crippen molar-refractivity contribution in [3.05, 3.63) is 47.7 Å². The SMILES string of the molecule is CCc1cccc(-c2cccnn2)c1CC. The van der Waals surface area contributed by atoms with Gasteiger partial charge in [-0.05, 0) is 36.1 Å². The van der Waals surface area contributed by atoms with Crippen LogP contribution in [0.5, 0.6) is 0 Å². The molecule has 0 spiro atoms. The van der Waals surface area contributed by atoms with Crippen LogP contribution >= 0.6 is 0 Å². The van der Waals surface area contributed by atoms with Gasteiger partial charge in [-0.3, -0.25) is 0 Å². The van der Waals surface area contributed by atoms with Gasteiger partial charge < -0.3 is 0 Å². The molecule has 0 saturated heterocycles. The Bertz CT molecular complexity index is 463. The third-order valence-electron chi connectivity index (χ3n) is 2.86. The Kier molecular flexibility index (Phi) is 3.30. The van der Waals surface area contributed by atoms with Crippen LogP contribution in [0.4, 0.5) is 0 Å². The van der Waals surface area contributed by atoms with E-state index in [0.717, 1.165) is 18.5 Å². The monoisotopic (exact) mass is 212 g/mol. The van der Waals surface area contributed by atoms with Crippen molar-refractivity contribution in [2.45, 2.75) is 26.7 Å². The molecule has 1 heterocycles. The molecule has 0 aliphatic heterocycles. The summed E-state index contributed by atoms with van der Waals surface area (Å²) in [6, 6.07) is 10.4. The lowest BCUT2D eigenvalue weighted by molar-refractivity contribution is 1.01. The molecule has 2 nitrogen and oxygen atoms in total. The van der Waals surface area contributed by atoms with E-state index in [9.17, 15) is 0 Å². The first-order chi connectivity index (χ1) is 7.86. The maximum absolute atomic E-state index is 4.18. The Morgan fingerprint density at radius 3 is 2.50 bits per heavy atom. The predicted molar refractivity (Wildman–Crippen MR) is 66.2 cm³/mol. The van der Waals surface area contributed by atoms with Gasteiger partial charge in [0, 0.05) is 11.8 Å². The van der Waals surface area contributed by atoms with Gasteiger partial charge in [0.15, 0.2) is 0 Å². The van der Waals surface area contributed by atoms with Crippen molar-refractivity contribution in [2.75, 3.05) is 0 Å². The Morgan fingerprint density at radius 1 is 1.00 bits per heavy atom. The molecule has 0 bridgehead atoms. The third-order valence-corrected chi connectivity index (χ3v) is 2.86. The second-order valence-electron chi connectivity index (χ2n) is 3.76. The van der Waals surface area contributed by atoms with Gasteiger partial charge >= 0.3 is 0 Å². The first-order valence-electron chi connectivity index (χ1n) is 5.75. The van der Waals surface area contributed by atoms with E-state index in [0.29, 0.717) is 0 Å². The second-order valence-corrected chi connectivity index (χ2v) is 3.76. The van der Waals surface area contributed by atoms with Crippen LogP contribution in [0.15, 0.2) is 36.5 Å². The fourth-order valence-electron chi connectivity index (χ4n) is 2.07. The van der Waals surface area contributed by atoms with Crippen LogP contribution in [0.1, 0.15) is 25.0 Å². The predicted octanol–water partition coefficient (Wildman–Crippen LogP) is 3.27. The summed E-state index contributed by atoms with van der Waals surface area (Å²) in [5.41, 5.74) is 4.99. The zero-order chi connectivity index (χ0) is 11.4. The topological polar surface area (TPSA) is 25.8 Å². The minimum Gasteiger partial charge on any atom is -0.159 e. The van der Waals surface area contributed by atoms with Crippen molar-refractivity contribution in [3.63, 3.8) is 0 Å². The highest BCUT2D eigenvalue weighted by atomic mass is 15.1. The van der Waals surface area contributed by atoms with E-state index in [1.165, 1.54) is 16.7 Å². The molecular weight excluding hydrogens is 196 g/mol. The lowest BCUT2D eigenvalue weighted by atomic mass is 9.95. The summed E-state index contributed by atoms with van der Waals surface area (Å²) in [5.74, 6) is 0. The van der Waals surface area contributed by atoms with Crippen LogP contribution in [-0.2, 0) is 12.8 Å². The lowest BCUT2D eigenvalue weighted by Crippen LogP contribution is -1.96. The van der Waals surface area contributed by atoms with E-state index in [1.807, 2.05) is 12.1 Å². The third kappa shape index (κ3) is 1.96. The van der Waals surface area contributed by atoms with Crippen LogP contribution < -0.4 is 0 Å². The summed E-state index contributed by atoms with van der Waals surface area (Å²) in [7, 11) is 0. The van der Waals surface area contributed by atoms with Gasteiger partial charge in [0.25, 0.3) is 0 Å². The van der Waals surface area contributed by atoms with Crippen LogP contribution in [-0.4, -0.2) is 10.2 Å². The van der Waals surface area contributed by atoms with Gasteiger partial charge in [0.2, 0.25) is 0 Å². The molecule has 2 rings (SSSR count). The van der Waals surface area contributed by atoms with E-state index in [4.69, 9.17) is 0 Å². The number of rotatable bonds is 3. The number of hydrogen-bond acceptors (Lipinski definition) is 2. The molecule has 0 aliphatic rings. The molecular formula is C14H16N2. The van der Waals surface area contributed by atoms with Gasteiger partial charge in [-0.15, -0.1) is 0 Å². The first-order valence-corrected chi connectivity index (χ1v) is 5.75. The Hall–Kier alpha value is -1.70.